The molecule has 15 heavy (non-hydrogen) atoms. The first-order valence-electron chi connectivity index (χ1n) is 6.13. The molecule has 1 rings (SSSR count). The van der Waals surface area contributed by atoms with Crippen LogP contribution in [0, 0.1) is 11.8 Å². The fourth-order valence-electron chi connectivity index (χ4n) is 2.20. The van der Waals surface area contributed by atoms with Crippen molar-refractivity contribution in [3.8, 4) is 0 Å². The van der Waals surface area contributed by atoms with Gasteiger partial charge in [0.15, 0.2) is 5.78 Å². The summed E-state index contributed by atoms with van der Waals surface area (Å²) >= 11 is 0. The van der Waals surface area contributed by atoms with Gasteiger partial charge in [-0.2, -0.15) is 0 Å². The molecule has 2 atom stereocenters. The molecular weight excluding hydrogens is 188 g/mol. The molecule has 0 saturated carbocycles. The quantitative estimate of drug-likeness (QED) is 0.710. The second-order valence-electron chi connectivity index (χ2n) is 4.76. The molecule has 92 valence electrons. The molecule has 0 aromatic carbocycles. The van der Waals surface area contributed by atoms with Gasteiger partial charge in [0.25, 0.3) is 0 Å². The van der Waals surface area contributed by atoms with E-state index in [-0.39, 0.29) is 14.8 Å². The van der Waals surface area contributed by atoms with Gasteiger partial charge in [0.2, 0.25) is 0 Å². The van der Waals surface area contributed by atoms with E-state index in [0.29, 0.717) is 11.7 Å². The molecule has 0 aromatic heterocycles. The monoisotopic (exact) mass is 216 g/mol. The molecule has 0 amide bonds. The maximum Gasteiger partial charge on any atom is 0.152 e. The molecule has 3 nitrogen and oxygen atoms in total. The van der Waals surface area contributed by atoms with E-state index < -0.39 is 0 Å². The van der Waals surface area contributed by atoms with Gasteiger partial charge in [-0.3, -0.25) is 4.79 Å². The van der Waals surface area contributed by atoms with E-state index in [2.05, 4.69) is 17.6 Å². The van der Waals surface area contributed by atoms with Crippen molar-refractivity contribution in [3.63, 3.8) is 0 Å². The molecule has 1 heterocycles. The summed E-state index contributed by atoms with van der Waals surface area (Å²) in [5, 5.41) is 6.66. The summed E-state index contributed by atoms with van der Waals surface area (Å²) in [6, 6.07) is 0.0694. The normalized spacial score (nSPS) is 23.3. The largest absolute Gasteiger partial charge is 0.316 e. The van der Waals surface area contributed by atoms with E-state index in [1.807, 2.05) is 13.8 Å². The van der Waals surface area contributed by atoms with Gasteiger partial charge in [-0.25, -0.2) is 0 Å². The lowest BCUT2D eigenvalue weighted by Crippen LogP contribution is -2.40. The summed E-state index contributed by atoms with van der Waals surface area (Å²) in [6.07, 6.45) is 2.21. The highest BCUT2D eigenvalue weighted by Gasteiger charge is 2.25. The third-order valence-corrected chi connectivity index (χ3v) is 3.09. The van der Waals surface area contributed by atoms with Crippen molar-refractivity contribution in [1.82, 2.24) is 10.6 Å². The van der Waals surface area contributed by atoms with Gasteiger partial charge >= 0.3 is 0 Å². The lowest BCUT2D eigenvalue weighted by Gasteiger charge is -2.21. The van der Waals surface area contributed by atoms with Gasteiger partial charge in [-0.1, -0.05) is 20.8 Å². The lowest BCUT2D eigenvalue weighted by atomic mass is 9.92. The second kappa shape index (κ2) is 6.23. The highest BCUT2D eigenvalue weighted by atomic mass is 16.1. The van der Waals surface area contributed by atoms with Crippen molar-refractivity contribution < 1.29 is 7.65 Å². The Morgan fingerprint density at radius 3 is 2.80 bits per heavy atom. The summed E-state index contributed by atoms with van der Waals surface area (Å²) in [4.78, 5) is 11.9. The number of ketones is 1. The maximum atomic E-state index is 11.9. The Bertz CT molecular complexity index is 207. The van der Waals surface area contributed by atoms with Crippen LogP contribution in [0.4, 0.5) is 0 Å². The zero-order valence-electron chi connectivity index (χ0n) is 10.2. The fraction of sp³-hybridized carbons (Fsp3) is 0.917. The van der Waals surface area contributed by atoms with Crippen molar-refractivity contribution in [2.75, 3.05) is 19.6 Å². The number of rotatable bonds is 6. The van der Waals surface area contributed by atoms with Crippen LogP contribution in [-0.4, -0.2) is 31.5 Å². The molecule has 1 aliphatic rings. The molecule has 1 aliphatic heterocycles. The molecule has 2 unspecified atom stereocenters. The number of likely N-dealkylation sites (N-methyl/N-ethyl adjacent to an activating group) is 1. The van der Waals surface area contributed by atoms with Gasteiger partial charge < -0.3 is 10.6 Å². The van der Waals surface area contributed by atoms with Crippen molar-refractivity contribution in [2.24, 2.45) is 11.8 Å². The first-order chi connectivity index (χ1) is 7.15. The predicted molar refractivity (Wildman–Crippen MR) is 67.1 cm³/mol. The van der Waals surface area contributed by atoms with Crippen LogP contribution in [0.5, 0.6) is 0 Å². The third kappa shape index (κ3) is 3.92. The Balaban J connectivity index is 0. The van der Waals surface area contributed by atoms with Gasteiger partial charge in [0.1, 0.15) is 0 Å². The Kier molecular flexibility index (Phi) is 5.26. The van der Waals surface area contributed by atoms with Crippen LogP contribution in [0.15, 0.2) is 0 Å². The van der Waals surface area contributed by atoms with Gasteiger partial charge in [0.05, 0.1) is 6.04 Å². The average molecular weight is 216 g/mol. The summed E-state index contributed by atoms with van der Waals surface area (Å²) in [7, 11) is 0. The number of nitrogens with one attached hydrogen (secondary N) is 2. The molecule has 0 bridgehead atoms. The molecule has 2 N–H and O–H groups in total. The van der Waals surface area contributed by atoms with Crippen LogP contribution in [0.3, 0.4) is 0 Å². The summed E-state index contributed by atoms with van der Waals surface area (Å²) < 4.78 is 0. The minimum Gasteiger partial charge on any atom is -0.316 e. The van der Waals surface area contributed by atoms with E-state index >= 15 is 0 Å². The van der Waals surface area contributed by atoms with E-state index in [1.54, 1.807) is 0 Å². The first kappa shape index (κ1) is 12.7. The van der Waals surface area contributed by atoms with Crippen LogP contribution in [-0.2, 0) is 4.79 Å². The molecule has 0 aromatic rings. The zero-order valence-corrected chi connectivity index (χ0v) is 10.2. The van der Waals surface area contributed by atoms with Crippen molar-refractivity contribution >= 4 is 5.78 Å². The Morgan fingerprint density at radius 2 is 2.33 bits per heavy atom. The maximum absolute atomic E-state index is 11.9. The average Bonchev–Trinajstić information content (AvgIpc) is 2.68. The summed E-state index contributed by atoms with van der Waals surface area (Å²) in [5.74, 6) is 1.18. The summed E-state index contributed by atoms with van der Waals surface area (Å²) in [6.45, 7) is 9.10. The standard InChI is InChI=1S/C12H24N2O.2H2/c1-4-14-11(12(15)9(2)3)7-10-5-6-13-8-10;;/h9-11,13-14H,4-8H2,1-3H3;2*1H. The minimum absolute atomic E-state index is 0. The third-order valence-electron chi connectivity index (χ3n) is 3.09. The molecule has 0 aliphatic carbocycles. The van der Waals surface area contributed by atoms with Crippen LogP contribution in [0.2, 0.25) is 0 Å². The van der Waals surface area contributed by atoms with Crippen molar-refractivity contribution in [3.05, 3.63) is 0 Å². The van der Waals surface area contributed by atoms with Crippen LogP contribution in [0.1, 0.15) is 36.5 Å². The van der Waals surface area contributed by atoms with E-state index in [9.17, 15) is 4.79 Å². The van der Waals surface area contributed by atoms with Gasteiger partial charge in [-0.15, -0.1) is 0 Å². The number of Topliss-reactive ketones (excluding diaryl/α,β-unsaturated/α-hetero) is 1. The highest BCUT2D eigenvalue weighted by molar-refractivity contribution is 5.85. The topological polar surface area (TPSA) is 41.1 Å². The smallest absolute Gasteiger partial charge is 0.152 e. The Hall–Kier alpha value is -0.410. The Morgan fingerprint density at radius 1 is 1.60 bits per heavy atom. The van der Waals surface area contributed by atoms with Gasteiger partial charge in [-0.05, 0) is 38.4 Å². The van der Waals surface area contributed by atoms with E-state index in [1.165, 1.54) is 6.42 Å². The van der Waals surface area contributed by atoms with Crippen LogP contribution >= 0.6 is 0 Å². The molecule has 0 radical (unpaired) electrons. The van der Waals surface area contributed by atoms with Gasteiger partial charge in [0, 0.05) is 8.77 Å². The lowest BCUT2D eigenvalue weighted by molar-refractivity contribution is -0.124. The van der Waals surface area contributed by atoms with Crippen molar-refractivity contribution in [2.45, 2.75) is 39.7 Å². The molecule has 1 fully saturated rings. The molecule has 3 heteroatoms. The second-order valence-corrected chi connectivity index (χ2v) is 4.76. The van der Waals surface area contributed by atoms with Crippen LogP contribution in [0.25, 0.3) is 0 Å². The Labute approximate surface area is 96.0 Å². The zero-order chi connectivity index (χ0) is 11.3. The molecule has 0 spiro atoms. The SMILES string of the molecule is CCNC(CC1CCNC1)C(=O)C(C)C.[HH].[HH]. The number of hydrogen-bond donors (Lipinski definition) is 2. The van der Waals surface area contributed by atoms with E-state index in [0.717, 1.165) is 26.1 Å². The first-order valence-corrected chi connectivity index (χ1v) is 6.13. The highest BCUT2D eigenvalue weighted by Crippen LogP contribution is 2.16. The van der Waals surface area contributed by atoms with E-state index in [4.69, 9.17) is 0 Å². The van der Waals surface area contributed by atoms with Crippen LogP contribution < -0.4 is 10.6 Å². The predicted octanol–water partition coefficient (Wildman–Crippen LogP) is 1.68. The summed E-state index contributed by atoms with van der Waals surface area (Å²) in [5.41, 5.74) is 0. The molecule has 1 saturated heterocycles. The minimum atomic E-state index is 0. The number of hydrogen-bond acceptors (Lipinski definition) is 3. The fourth-order valence-corrected chi connectivity index (χ4v) is 2.20. The number of carbonyl (C=O) groups is 1. The number of carbonyl (C=O) groups excluding carboxylic acids is 1. The molecular formula is C12H28N2O. The van der Waals surface area contributed by atoms with Crippen molar-refractivity contribution in [1.29, 1.82) is 0 Å².